The summed E-state index contributed by atoms with van der Waals surface area (Å²) in [5.41, 5.74) is 1.58. The van der Waals surface area contributed by atoms with E-state index in [2.05, 4.69) is 5.32 Å². The van der Waals surface area contributed by atoms with Crippen LogP contribution < -0.4 is 14.8 Å². The van der Waals surface area contributed by atoms with Crippen LogP contribution in [-0.4, -0.2) is 31.5 Å². The highest BCUT2D eigenvalue weighted by Crippen LogP contribution is 2.15. The summed E-state index contributed by atoms with van der Waals surface area (Å²) in [5, 5.41) is 2.17. The van der Waals surface area contributed by atoms with Gasteiger partial charge in [-0.15, -0.1) is 0 Å². The van der Waals surface area contributed by atoms with Gasteiger partial charge in [0.15, 0.2) is 6.61 Å². The lowest BCUT2D eigenvalue weighted by Gasteiger charge is -2.08. The van der Waals surface area contributed by atoms with Gasteiger partial charge in [-0.1, -0.05) is 30.3 Å². The van der Waals surface area contributed by atoms with Crippen molar-refractivity contribution >= 4 is 17.8 Å². The maximum Gasteiger partial charge on any atom is 0.338 e. The molecule has 0 aliphatic carbocycles. The maximum atomic E-state index is 12.1. The lowest BCUT2D eigenvalue weighted by atomic mass is 10.2. The van der Waals surface area contributed by atoms with Crippen molar-refractivity contribution < 1.29 is 28.6 Å². The Bertz CT molecular complexity index is 1030. The van der Waals surface area contributed by atoms with Crippen LogP contribution in [0.15, 0.2) is 78.9 Å². The summed E-state index contributed by atoms with van der Waals surface area (Å²) >= 11 is 0. The third-order valence-corrected chi connectivity index (χ3v) is 4.28. The molecular formula is C24H21NO6. The molecule has 0 heterocycles. The van der Waals surface area contributed by atoms with Crippen LogP contribution in [0.2, 0.25) is 0 Å². The first kappa shape index (κ1) is 21.6. The van der Waals surface area contributed by atoms with Gasteiger partial charge in [-0.3, -0.25) is 14.9 Å². The zero-order chi connectivity index (χ0) is 22.1. The Labute approximate surface area is 179 Å². The molecule has 31 heavy (non-hydrogen) atoms. The number of carbonyl (C=O) groups is 3. The summed E-state index contributed by atoms with van der Waals surface area (Å²) in [4.78, 5) is 36.1. The number of carbonyl (C=O) groups excluding carboxylic acids is 3. The van der Waals surface area contributed by atoms with E-state index >= 15 is 0 Å². The number of rotatable bonds is 8. The third-order valence-electron chi connectivity index (χ3n) is 4.28. The average Bonchev–Trinajstić information content (AvgIpc) is 2.82. The number of nitrogens with one attached hydrogen (secondary N) is 1. The highest BCUT2D eigenvalue weighted by Gasteiger charge is 2.14. The third kappa shape index (κ3) is 6.43. The molecule has 0 unspecified atom stereocenters. The molecule has 0 atom stereocenters. The SMILES string of the molecule is COc1ccc(C(=O)NC(=O)COC(=O)c2ccc(OCc3ccccc3)cc2)cc1. The van der Waals surface area contributed by atoms with Gasteiger partial charge in [0.2, 0.25) is 0 Å². The van der Waals surface area contributed by atoms with Crippen molar-refractivity contribution in [1.82, 2.24) is 5.32 Å². The molecule has 2 amide bonds. The Kier molecular flexibility index (Phi) is 7.37. The monoisotopic (exact) mass is 419 g/mol. The fraction of sp³-hybridized carbons (Fsp3) is 0.125. The van der Waals surface area contributed by atoms with Gasteiger partial charge in [-0.05, 0) is 54.1 Å². The minimum Gasteiger partial charge on any atom is -0.497 e. The normalized spacial score (nSPS) is 10.1. The topological polar surface area (TPSA) is 90.9 Å². The van der Waals surface area contributed by atoms with Gasteiger partial charge >= 0.3 is 5.97 Å². The first-order chi connectivity index (χ1) is 15.0. The van der Waals surface area contributed by atoms with Crippen LogP contribution in [0, 0.1) is 0 Å². The van der Waals surface area contributed by atoms with Gasteiger partial charge in [-0.25, -0.2) is 4.79 Å². The van der Waals surface area contributed by atoms with Crippen LogP contribution in [0.1, 0.15) is 26.3 Å². The fourth-order valence-electron chi connectivity index (χ4n) is 2.62. The Morgan fingerprint density at radius 2 is 1.39 bits per heavy atom. The van der Waals surface area contributed by atoms with E-state index in [1.54, 1.807) is 36.4 Å². The van der Waals surface area contributed by atoms with Gasteiger partial charge in [0.1, 0.15) is 18.1 Å². The Hall–Kier alpha value is -4.13. The van der Waals surface area contributed by atoms with Crippen molar-refractivity contribution in [2.45, 2.75) is 6.61 Å². The second-order valence-electron chi connectivity index (χ2n) is 6.48. The molecule has 7 nitrogen and oxygen atoms in total. The quantitative estimate of drug-likeness (QED) is 0.563. The minimum absolute atomic E-state index is 0.265. The molecule has 0 aromatic heterocycles. The van der Waals surface area contributed by atoms with Crippen LogP contribution in [-0.2, 0) is 16.1 Å². The number of hydrogen-bond acceptors (Lipinski definition) is 6. The molecule has 1 N–H and O–H groups in total. The van der Waals surface area contributed by atoms with E-state index < -0.39 is 24.4 Å². The average molecular weight is 419 g/mol. The molecule has 0 spiro atoms. The summed E-state index contributed by atoms with van der Waals surface area (Å²) in [6, 6.07) is 22.3. The van der Waals surface area contributed by atoms with Crippen LogP contribution >= 0.6 is 0 Å². The first-order valence-electron chi connectivity index (χ1n) is 9.47. The van der Waals surface area contributed by atoms with Crippen molar-refractivity contribution in [1.29, 1.82) is 0 Å². The van der Waals surface area contributed by atoms with Crippen LogP contribution in [0.5, 0.6) is 11.5 Å². The smallest absolute Gasteiger partial charge is 0.338 e. The molecule has 0 saturated heterocycles. The number of benzene rings is 3. The first-order valence-corrected chi connectivity index (χ1v) is 9.47. The molecule has 7 heteroatoms. The molecule has 3 aromatic rings. The number of amides is 2. The van der Waals surface area contributed by atoms with Crippen molar-refractivity contribution in [2.24, 2.45) is 0 Å². The van der Waals surface area contributed by atoms with Crippen LogP contribution in [0.3, 0.4) is 0 Å². The second-order valence-corrected chi connectivity index (χ2v) is 6.48. The van der Waals surface area contributed by atoms with Crippen molar-refractivity contribution in [2.75, 3.05) is 13.7 Å². The van der Waals surface area contributed by atoms with E-state index in [0.29, 0.717) is 18.1 Å². The summed E-state index contributed by atoms with van der Waals surface area (Å²) < 4.78 is 15.6. The zero-order valence-electron chi connectivity index (χ0n) is 16.9. The number of esters is 1. The molecule has 0 aliphatic rings. The Balaban J connectivity index is 1.45. The molecule has 3 rings (SSSR count). The van der Waals surface area contributed by atoms with Crippen LogP contribution in [0.4, 0.5) is 0 Å². The standard InChI is InChI=1S/C24H21NO6/c1-29-20-11-7-18(8-12-20)23(27)25-22(26)16-31-24(28)19-9-13-21(14-10-19)30-15-17-5-3-2-4-6-17/h2-14H,15-16H2,1H3,(H,25,26,27). The maximum absolute atomic E-state index is 12.1. The number of methoxy groups -OCH3 is 1. The van der Waals surface area contributed by atoms with Gasteiger partial charge < -0.3 is 14.2 Å². The molecule has 0 aliphatic heterocycles. The van der Waals surface area contributed by atoms with Gasteiger partial charge in [-0.2, -0.15) is 0 Å². The van der Waals surface area contributed by atoms with E-state index in [-0.39, 0.29) is 11.1 Å². The Morgan fingerprint density at radius 3 is 2.03 bits per heavy atom. The molecule has 158 valence electrons. The van der Waals surface area contributed by atoms with Crippen molar-refractivity contribution in [3.63, 3.8) is 0 Å². The summed E-state index contributed by atoms with van der Waals surface area (Å²) in [6.07, 6.45) is 0. The second kappa shape index (κ2) is 10.6. The molecule has 0 fully saturated rings. The molecular weight excluding hydrogens is 398 g/mol. The number of hydrogen-bond donors (Lipinski definition) is 1. The summed E-state index contributed by atoms with van der Waals surface area (Å²) in [5.74, 6) is -0.807. The number of imide groups is 1. The van der Waals surface area contributed by atoms with E-state index in [4.69, 9.17) is 14.2 Å². The van der Waals surface area contributed by atoms with Gasteiger partial charge in [0, 0.05) is 5.56 Å². The fourth-order valence-corrected chi connectivity index (χ4v) is 2.62. The Morgan fingerprint density at radius 1 is 0.774 bits per heavy atom. The minimum atomic E-state index is -0.725. The predicted molar refractivity (Wildman–Crippen MR) is 113 cm³/mol. The molecule has 0 saturated carbocycles. The zero-order valence-corrected chi connectivity index (χ0v) is 16.9. The van der Waals surface area contributed by atoms with Crippen molar-refractivity contribution in [3.8, 4) is 11.5 Å². The van der Waals surface area contributed by atoms with E-state index in [9.17, 15) is 14.4 Å². The van der Waals surface area contributed by atoms with E-state index in [0.717, 1.165) is 5.56 Å². The molecule has 0 radical (unpaired) electrons. The largest absolute Gasteiger partial charge is 0.497 e. The van der Waals surface area contributed by atoms with Gasteiger partial charge in [0.25, 0.3) is 11.8 Å². The highest BCUT2D eigenvalue weighted by atomic mass is 16.5. The summed E-state index contributed by atoms with van der Waals surface area (Å²) in [7, 11) is 1.51. The summed E-state index contributed by atoms with van der Waals surface area (Å²) in [6.45, 7) is -0.167. The van der Waals surface area contributed by atoms with E-state index in [1.165, 1.54) is 19.2 Å². The molecule has 0 bridgehead atoms. The predicted octanol–water partition coefficient (Wildman–Crippen LogP) is 3.39. The number of ether oxygens (including phenoxy) is 3. The van der Waals surface area contributed by atoms with Crippen molar-refractivity contribution in [3.05, 3.63) is 95.6 Å². The molecule has 3 aromatic carbocycles. The van der Waals surface area contributed by atoms with E-state index in [1.807, 2.05) is 30.3 Å². The van der Waals surface area contributed by atoms with Crippen LogP contribution in [0.25, 0.3) is 0 Å². The lowest BCUT2D eigenvalue weighted by Crippen LogP contribution is -2.34. The lowest BCUT2D eigenvalue weighted by molar-refractivity contribution is -0.123. The van der Waals surface area contributed by atoms with Gasteiger partial charge in [0.05, 0.1) is 12.7 Å². The highest BCUT2D eigenvalue weighted by molar-refractivity contribution is 6.05.